The second-order valence-corrected chi connectivity index (χ2v) is 4.21. The summed E-state index contributed by atoms with van der Waals surface area (Å²) in [6.45, 7) is 2.83. The number of aliphatic hydroxyl groups excluding tert-OH is 4. The largest absolute Gasteiger partial charge is 0.393 e. The number of nitrogens with zero attached hydrogens (tertiary/aromatic N) is 4. The number of fused-ring (bicyclic) bond motifs is 1. The number of aromatic nitrogens is 4. The summed E-state index contributed by atoms with van der Waals surface area (Å²) in [6, 6.07) is 0. The first-order valence-corrected chi connectivity index (χ1v) is 5.74. The lowest BCUT2D eigenvalue weighted by Crippen LogP contribution is -2.31. The molecule has 0 saturated heterocycles. The Balaban J connectivity index is 2.34. The molecule has 108 valence electrons. The lowest BCUT2D eigenvalue weighted by Gasteiger charge is -2.23. The molecule has 3 atom stereocenters. The minimum absolute atomic E-state index is 0.121. The highest BCUT2D eigenvalue weighted by molar-refractivity contribution is 5.81. The molecule has 1 unspecified atom stereocenters. The normalized spacial score (nSPS) is 16.0. The van der Waals surface area contributed by atoms with Gasteiger partial charge < -0.3 is 26.2 Å². The van der Waals surface area contributed by atoms with Gasteiger partial charge in [0, 0.05) is 0 Å². The Hall–Kier alpha value is -2.07. The predicted molar refractivity (Wildman–Crippen MR) is 69.2 cm³/mol. The molecular formula is C11H15N5O4. The molecule has 2 aromatic heterocycles. The highest BCUT2D eigenvalue weighted by Crippen LogP contribution is 2.22. The number of imidazole rings is 1. The van der Waals surface area contributed by atoms with Crippen molar-refractivity contribution in [2.45, 2.75) is 18.4 Å². The summed E-state index contributed by atoms with van der Waals surface area (Å²) >= 11 is 0. The fourth-order valence-corrected chi connectivity index (χ4v) is 1.72. The van der Waals surface area contributed by atoms with Crippen molar-refractivity contribution in [2.75, 3.05) is 12.3 Å². The Labute approximate surface area is 113 Å². The zero-order chi connectivity index (χ0) is 14.9. The number of hydrogen-bond acceptors (Lipinski definition) is 8. The van der Waals surface area contributed by atoms with Crippen LogP contribution in [-0.4, -0.2) is 58.8 Å². The van der Waals surface area contributed by atoms with E-state index in [4.69, 9.17) is 10.8 Å². The Morgan fingerprint density at radius 1 is 1.30 bits per heavy atom. The van der Waals surface area contributed by atoms with Crippen molar-refractivity contribution >= 4 is 17.0 Å². The molecule has 0 bridgehead atoms. The third kappa shape index (κ3) is 2.34. The van der Waals surface area contributed by atoms with Crippen LogP contribution in [0.1, 0.15) is 6.23 Å². The SMILES string of the molecule is C=C([C@H](O)CO)[C@@H](O)C(O)n1cnc2c(N)ncnc21. The Morgan fingerprint density at radius 2 is 2.00 bits per heavy atom. The summed E-state index contributed by atoms with van der Waals surface area (Å²) in [5, 5.41) is 38.3. The van der Waals surface area contributed by atoms with E-state index in [0.29, 0.717) is 0 Å². The van der Waals surface area contributed by atoms with Crippen LogP contribution in [-0.2, 0) is 0 Å². The first kappa shape index (κ1) is 14.3. The van der Waals surface area contributed by atoms with Crippen LogP contribution in [0.5, 0.6) is 0 Å². The van der Waals surface area contributed by atoms with Crippen LogP contribution in [0.25, 0.3) is 11.2 Å². The van der Waals surface area contributed by atoms with Gasteiger partial charge in [-0.15, -0.1) is 0 Å². The first-order chi connectivity index (χ1) is 9.47. The summed E-state index contributed by atoms with van der Waals surface area (Å²) in [6.07, 6.45) is -1.89. The van der Waals surface area contributed by atoms with Crippen molar-refractivity contribution in [3.05, 3.63) is 24.8 Å². The molecule has 20 heavy (non-hydrogen) atoms. The number of aliphatic hydroxyl groups is 4. The van der Waals surface area contributed by atoms with E-state index >= 15 is 0 Å². The van der Waals surface area contributed by atoms with Crippen molar-refractivity contribution in [2.24, 2.45) is 0 Å². The molecule has 0 fully saturated rings. The molecular weight excluding hydrogens is 266 g/mol. The van der Waals surface area contributed by atoms with E-state index in [1.165, 1.54) is 17.2 Å². The van der Waals surface area contributed by atoms with Crippen LogP contribution in [0.3, 0.4) is 0 Å². The standard InChI is InChI=1S/C11H15N5O4/c1-5(6(18)2-17)8(19)11(20)16-4-15-7-9(12)13-3-14-10(7)16/h3-4,6,8,11,17-20H,1-2H2,(H2,12,13,14)/t6-,8-,11?/m1/s1. The maximum absolute atomic E-state index is 10.1. The van der Waals surface area contributed by atoms with Crippen LogP contribution in [0.2, 0.25) is 0 Å². The van der Waals surface area contributed by atoms with Crippen LogP contribution in [0.15, 0.2) is 24.8 Å². The van der Waals surface area contributed by atoms with Crippen LogP contribution in [0.4, 0.5) is 5.82 Å². The molecule has 0 aliphatic heterocycles. The summed E-state index contributed by atoms with van der Waals surface area (Å²) in [5.74, 6) is 0.143. The van der Waals surface area contributed by atoms with Gasteiger partial charge in [-0.05, 0) is 5.57 Å². The van der Waals surface area contributed by atoms with Crippen molar-refractivity contribution < 1.29 is 20.4 Å². The molecule has 2 rings (SSSR count). The fraction of sp³-hybridized carbons (Fsp3) is 0.364. The van der Waals surface area contributed by atoms with E-state index < -0.39 is 25.0 Å². The number of hydrogen-bond donors (Lipinski definition) is 5. The van der Waals surface area contributed by atoms with Gasteiger partial charge in [-0.1, -0.05) is 6.58 Å². The monoisotopic (exact) mass is 281 g/mol. The number of nitrogens with two attached hydrogens (primary N) is 1. The van der Waals surface area contributed by atoms with Crippen molar-refractivity contribution in [3.63, 3.8) is 0 Å². The number of anilines is 1. The van der Waals surface area contributed by atoms with Crippen LogP contribution in [0, 0.1) is 0 Å². The van der Waals surface area contributed by atoms with Crippen molar-refractivity contribution in [1.82, 2.24) is 19.5 Å². The van der Waals surface area contributed by atoms with E-state index in [-0.39, 0.29) is 22.6 Å². The molecule has 9 heteroatoms. The zero-order valence-electron chi connectivity index (χ0n) is 10.5. The van der Waals surface area contributed by atoms with Crippen LogP contribution < -0.4 is 5.73 Å². The molecule has 0 saturated carbocycles. The molecule has 9 nitrogen and oxygen atoms in total. The second-order valence-electron chi connectivity index (χ2n) is 4.21. The highest BCUT2D eigenvalue weighted by atomic mass is 16.3. The second kappa shape index (κ2) is 5.51. The van der Waals surface area contributed by atoms with Gasteiger partial charge in [0.1, 0.15) is 24.1 Å². The van der Waals surface area contributed by atoms with Crippen molar-refractivity contribution in [3.8, 4) is 0 Å². The molecule has 0 aliphatic carbocycles. The topological polar surface area (TPSA) is 151 Å². The van der Waals surface area contributed by atoms with Gasteiger partial charge in [0.05, 0.1) is 12.9 Å². The zero-order valence-corrected chi connectivity index (χ0v) is 10.5. The molecule has 0 radical (unpaired) electrons. The highest BCUT2D eigenvalue weighted by Gasteiger charge is 2.26. The molecule has 2 aromatic rings. The molecule has 6 N–H and O–H groups in total. The Bertz CT molecular complexity index is 628. The summed E-state index contributed by atoms with van der Waals surface area (Å²) in [4.78, 5) is 11.6. The van der Waals surface area contributed by atoms with Crippen LogP contribution >= 0.6 is 0 Å². The van der Waals surface area contributed by atoms with E-state index in [0.717, 1.165) is 0 Å². The van der Waals surface area contributed by atoms with Gasteiger partial charge in [0.25, 0.3) is 0 Å². The summed E-state index contributed by atoms with van der Waals surface area (Å²) in [7, 11) is 0. The van der Waals surface area contributed by atoms with Gasteiger partial charge in [0.2, 0.25) is 0 Å². The third-order valence-corrected chi connectivity index (χ3v) is 2.94. The third-order valence-electron chi connectivity index (χ3n) is 2.94. The van der Waals surface area contributed by atoms with E-state index in [1.807, 2.05) is 0 Å². The van der Waals surface area contributed by atoms with Gasteiger partial charge >= 0.3 is 0 Å². The Morgan fingerprint density at radius 3 is 2.65 bits per heavy atom. The smallest absolute Gasteiger partial charge is 0.167 e. The number of nitrogen functional groups attached to an aromatic ring is 1. The molecule has 0 amide bonds. The maximum atomic E-state index is 10.1. The van der Waals surface area contributed by atoms with Gasteiger partial charge in [0.15, 0.2) is 17.7 Å². The van der Waals surface area contributed by atoms with Gasteiger partial charge in [-0.3, -0.25) is 4.57 Å². The quantitative estimate of drug-likeness (QED) is 0.401. The number of rotatable bonds is 5. The molecule has 2 heterocycles. The molecule has 0 aliphatic rings. The average molecular weight is 281 g/mol. The Kier molecular flexibility index (Phi) is 3.95. The van der Waals surface area contributed by atoms with Gasteiger partial charge in [-0.2, -0.15) is 0 Å². The first-order valence-electron chi connectivity index (χ1n) is 5.74. The minimum Gasteiger partial charge on any atom is -0.393 e. The molecule has 0 spiro atoms. The fourth-order valence-electron chi connectivity index (χ4n) is 1.72. The average Bonchev–Trinajstić information content (AvgIpc) is 2.89. The van der Waals surface area contributed by atoms with E-state index in [1.54, 1.807) is 0 Å². The van der Waals surface area contributed by atoms with Crippen molar-refractivity contribution in [1.29, 1.82) is 0 Å². The van der Waals surface area contributed by atoms with E-state index in [2.05, 4.69) is 21.5 Å². The van der Waals surface area contributed by atoms with E-state index in [9.17, 15) is 15.3 Å². The summed E-state index contributed by atoms with van der Waals surface area (Å²) < 4.78 is 1.17. The lowest BCUT2D eigenvalue weighted by molar-refractivity contribution is -0.0208. The summed E-state index contributed by atoms with van der Waals surface area (Å²) in [5.41, 5.74) is 6.01. The lowest BCUT2D eigenvalue weighted by atomic mass is 10.1. The molecule has 0 aromatic carbocycles. The van der Waals surface area contributed by atoms with Gasteiger partial charge in [-0.25, -0.2) is 15.0 Å². The minimum atomic E-state index is -1.51. The predicted octanol–water partition coefficient (Wildman–Crippen LogP) is -1.83. The maximum Gasteiger partial charge on any atom is 0.167 e.